The molecule has 6 heteroatoms. The van der Waals surface area contributed by atoms with Crippen molar-refractivity contribution >= 4 is 10.4 Å². The fraction of sp³-hybridized carbons (Fsp3) is 1.00. The van der Waals surface area contributed by atoms with Gasteiger partial charge in [-0.1, -0.05) is 104 Å². The molecule has 0 bridgehead atoms. The van der Waals surface area contributed by atoms with Crippen LogP contribution in [0, 0.1) is 0 Å². The fourth-order valence-corrected chi connectivity index (χ4v) is 4.77. The Labute approximate surface area is 175 Å². The summed E-state index contributed by atoms with van der Waals surface area (Å²) >= 11 is 0. The standard InChI is InChI=1S/C22H45N.H2O4S/c1-4-7-8-9-10-11-12-13-14-16-19-22(23(5-2)6-3)20-17-15-18-21-22;1-5(2,3)4/h4-21H2,1-3H3;(H2,1,2,3,4). The summed E-state index contributed by atoms with van der Waals surface area (Å²) in [7, 11) is -4.67. The Hall–Kier alpha value is -0.170. The molecule has 1 saturated carbocycles. The molecule has 1 rings (SSSR count). The number of hydrogen-bond acceptors (Lipinski definition) is 3. The number of unbranched alkanes of at least 4 members (excludes halogenated alkanes) is 9. The van der Waals surface area contributed by atoms with E-state index in [1.54, 1.807) is 0 Å². The largest absolute Gasteiger partial charge is 0.394 e. The van der Waals surface area contributed by atoms with E-state index >= 15 is 0 Å². The number of nitrogens with zero attached hydrogens (tertiary/aromatic N) is 1. The summed E-state index contributed by atoms with van der Waals surface area (Å²) in [6.45, 7) is 9.51. The second-order valence-electron chi connectivity index (χ2n) is 8.34. The number of hydrogen-bond donors (Lipinski definition) is 2. The summed E-state index contributed by atoms with van der Waals surface area (Å²) in [5.74, 6) is 0. The van der Waals surface area contributed by atoms with Crippen molar-refractivity contribution in [1.82, 2.24) is 4.90 Å². The first-order valence-corrected chi connectivity index (χ1v) is 13.1. The summed E-state index contributed by atoms with van der Waals surface area (Å²) in [6.07, 6.45) is 23.4. The van der Waals surface area contributed by atoms with Gasteiger partial charge in [0.15, 0.2) is 0 Å². The zero-order valence-corrected chi connectivity index (χ0v) is 19.6. The van der Waals surface area contributed by atoms with Crippen LogP contribution in [0.4, 0.5) is 0 Å². The molecule has 5 nitrogen and oxygen atoms in total. The lowest BCUT2D eigenvalue weighted by atomic mass is 9.76. The molecular formula is C22H47NO4S. The van der Waals surface area contributed by atoms with Gasteiger partial charge in [0.1, 0.15) is 0 Å². The molecule has 0 aromatic heterocycles. The smallest absolute Gasteiger partial charge is 0.298 e. The second kappa shape index (κ2) is 16.6. The quantitative estimate of drug-likeness (QED) is 0.241. The first-order chi connectivity index (χ1) is 13.3. The Morgan fingerprint density at radius 2 is 1.11 bits per heavy atom. The molecule has 0 atom stereocenters. The summed E-state index contributed by atoms with van der Waals surface area (Å²) in [6, 6.07) is 0. The van der Waals surface area contributed by atoms with Crippen molar-refractivity contribution < 1.29 is 17.5 Å². The van der Waals surface area contributed by atoms with Crippen molar-refractivity contribution in [3.05, 3.63) is 0 Å². The lowest BCUT2D eigenvalue weighted by molar-refractivity contribution is 0.0487. The van der Waals surface area contributed by atoms with E-state index in [1.165, 1.54) is 116 Å². The summed E-state index contributed by atoms with van der Waals surface area (Å²) in [4.78, 5) is 2.79. The molecule has 0 amide bonds. The molecule has 170 valence electrons. The van der Waals surface area contributed by atoms with Gasteiger partial charge in [0, 0.05) is 5.54 Å². The van der Waals surface area contributed by atoms with Crippen molar-refractivity contribution in [1.29, 1.82) is 0 Å². The molecule has 1 aliphatic rings. The first-order valence-electron chi connectivity index (χ1n) is 11.7. The van der Waals surface area contributed by atoms with Crippen LogP contribution in [0.25, 0.3) is 0 Å². The van der Waals surface area contributed by atoms with E-state index in [-0.39, 0.29) is 0 Å². The van der Waals surface area contributed by atoms with Crippen LogP contribution < -0.4 is 0 Å². The second-order valence-corrected chi connectivity index (χ2v) is 9.23. The highest BCUT2D eigenvalue weighted by Crippen LogP contribution is 2.37. The zero-order valence-electron chi connectivity index (χ0n) is 18.8. The SMILES string of the molecule is CCCCCCCCCCCCC1(N(CC)CC)CCCCC1.O=S(=O)(O)O. The van der Waals surface area contributed by atoms with Crippen molar-refractivity contribution in [3.63, 3.8) is 0 Å². The molecule has 0 aromatic rings. The van der Waals surface area contributed by atoms with Gasteiger partial charge < -0.3 is 0 Å². The van der Waals surface area contributed by atoms with E-state index in [9.17, 15) is 0 Å². The van der Waals surface area contributed by atoms with Gasteiger partial charge in [0.05, 0.1) is 0 Å². The van der Waals surface area contributed by atoms with Gasteiger partial charge in [0.25, 0.3) is 0 Å². The molecule has 0 heterocycles. The van der Waals surface area contributed by atoms with Crippen LogP contribution in [0.1, 0.15) is 124 Å². The highest BCUT2D eigenvalue weighted by Gasteiger charge is 2.35. The summed E-state index contributed by atoms with van der Waals surface area (Å²) in [5, 5.41) is 0. The zero-order chi connectivity index (χ0) is 21.3. The van der Waals surface area contributed by atoms with Crippen molar-refractivity contribution in [3.8, 4) is 0 Å². The Kier molecular flexibility index (Phi) is 16.5. The minimum Gasteiger partial charge on any atom is -0.298 e. The van der Waals surface area contributed by atoms with Crippen LogP contribution in [-0.4, -0.2) is 41.1 Å². The van der Waals surface area contributed by atoms with Crippen molar-refractivity contribution in [2.75, 3.05) is 13.1 Å². The molecule has 0 aromatic carbocycles. The lowest BCUT2D eigenvalue weighted by Crippen LogP contribution is -2.49. The molecule has 1 aliphatic carbocycles. The monoisotopic (exact) mass is 421 g/mol. The van der Waals surface area contributed by atoms with Gasteiger partial charge in [-0.2, -0.15) is 8.42 Å². The third-order valence-corrected chi connectivity index (χ3v) is 6.21. The third kappa shape index (κ3) is 14.8. The Balaban J connectivity index is 0.00000129. The van der Waals surface area contributed by atoms with Crippen molar-refractivity contribution in [2.45, 2.75) is 129 Å². The predicted molar refractivity (Wildman–Crippen MR) is 119 cm³/mol. The van der Waals surface area contributed by atoms with Crippen LogP contribution >= 0.6 is 0 Å². The maximum Gasteiger partial charge on any atom is 0.394 e. The van der Waals surface area contributed by atoms with Gasteiger partial charge in [-0.05, 0) is 32.4 Å². The van der Waals surface area contributed by atoms with Crippen LogP contribution in [0.15, 0.2) is 0 Å². The van der Waals surface area contributed by atoms with Gasteiger partial charge in [-0.25, -0.2) is 0 Å². The minimum atomic E-state index is -4.67. The highest BCUT2D eigenvalue weighted by molar-refractivity contribution is 7.79. The average Bonchev–Trinajstić information content (AvgIpc) is 2.64. The van der Waals surface area contributed by atoms with Crippen LogP contribution in [0.3, 0.4) is 0 Å². The maximum atomic E-state index is 8.74. The Morgan fingerprint density at radius 1 is 0.714 bits per heavy atom. The molecule has 28 heavy (non-hydrogen) atoms. The van der Waals surface area contributed by atoms with Crippen LogP contribution in [0.5, 0.6) is 0 Å². The van der Waals surface area contributed by atoms with E-state index < -0.39 is 10.4 Å². The van der Waals surface area contributed by atoms with Gasteiger partial charge in [-0.15, -0.1) is 0 Å². The van der Waals surface area contributed by atoms with Gasteiger partial charge in [0.2, 0.25) is 0 Å². The Morgan fingerprint density at radius 3 is 1.50 bits per heavy atom. The molecule has 2 N–H and O–H groups in total. The minimum absolute atomic E-state index is 0.571. The van der Waals surface area contributed by atoms with E-state index in [1.807, 2.05) is 0 Å². The Bertz CT molecular complexity index is 435. The summed E-state index contributed by atoms with van der Waals surface area (Å²) in [5.41, 5.74) is 0.571. The lowest BCUT2D eigenvalue weighted by Gasteiger charge is -2.46. The van der Waals surface area contributed by atoms with Crippen molar-refractivity contribution in [2.24, 2.45) is 0 Å². The molecular weight excluding hydrogens is 374 g/mol. The van der Waals surface area contributed by atoms with E-state index in [4.69, 9.17) is 17.5 Å². The molecule has 1 fully saturated rings. The first kappa shape index (κ1) is 27.8. The predicted octanol–water partition coefficient (Wildman–Crippen LogP) is 6.69. The molecule has 0 saturated heterocycles. The number of rotatable bonds is 14. The molecule has 0 radical (unpaired) electrons. The van der Waals surface area contributed by atoms with Crippen LogP contribution in [0.2, 0.25) is 0 Å². The van der Waals surface area contributed by atoms with E-state index in [0.717, 1.165) is 0 Å². The van der Waals surface area contributed by atoms with E-state index in [2.05, 4.69) is 25.7 Å². The molecule has 0 unspecified atom stereocenters. The van der Waals surface area contributed by atoms with Gasteiger partial charge >= 0.3 is 10.4 Å². The molecule has 0 spiro atoms. The highest BCUT2D eigenvalue weighted by atomic mass is 32.3. The fourth-order valence-electron chi connectivity index (χ4n) is 4.77. The maximum absolute atomic E-state index is 8.74. The normalized spacial score (nSPS) is 16.6. The average molecular weight is 422 g/mol. The van der Waals surface area contributed by atoms with E-state index in [0.29, 0.717) is 5.54 Å². The third-order valence-electron chi connectivity index (χ3n) is 6.21. The van der Waals surface area contributed by atoms with Gasteiger partial charge in [-0.3, -0.25) is 14.0 Å². The summed E-state index contributed by atoms with van der Waals surface area (Å²) < 4.78 is 31.6. The van der Waals surface area contributed by atoms with Crippen LogP contribution in [-0.2, 0) is 10.4 Å². The topological polar surface area (TPSA) is 77.8 Å². The molecule has 0 aliphatic heterocycles.